The van der Waals surface area contributed by atoms with Gasteiger partial charge in [-0.05, 0) is 13.0 Å². The molecule has 110 valence electrons. The number of hydrogen-bond acceptors (Lipinski definition) is 5. The van der Waals surface area contributed by atoms with E-state index in [1.165, 1.54) is 11.0 Å². The minimum atomic E-state index is -0.000929. The second-order valence-electron chi connectivity index (χ2n) is 5.08. The van der Waals surface area contributed by atoms with Crippen molar-refractivity contribution in [1.29, 1.82) is 0 Å². The number of ether oxygens (including phenoxy) is 1. The molecule has 7 heteroatoms. The molecular formula is C14H17N5O2. The normalized spacial score (nSPS) is 18.0. The number of rotatable bonds is 4. The van der Waals surface area contributed by atoms with Crippen molar-refractivity contribution in [2.24, 2.45) is 0 Å². The number of likely N-dealkylation sites (tertiary alicyclic amines) is 1. The molecule has 1 amide bonds. The van der Waals surface area contributed by atoms with Gasteiger partial charge in [-0.3, -0.25) is 4.79 Å². The van der Waals surface area contributed by atoms with Crippen molar-refractivity contribution in [1.82, 2.24) is 24.6 Å². The number of hydrogen-bond donors (Lipinski definition) is 0. The Kier molecular flexibility index (Phi) is 3.81. The van der Waals surface area contributed by atoms with Crippen LogP contribution in [0.1, 0.15) is 12.1 Å². The maximum atomic E-state index is 12.1. The first-order chi connectivity index (χ1) is 10.2. The number of nitrogens with zero attached hydrogens (tertiary/aromatic N) is 5. The molecule has 21 heavy (non-hydrogen) atoms. The second kappa shape index (κ2) is 5.90. The molecule has 2 aromatic rings. The van der Waals surface area contributed by atoms with E-state index in [4.69, 9.17) is 4.74 Å². The number of aromatic nitrogens is 4. The van der Waals surface area contributed by atoms with E-state index in [9.17, 15) is 4.79 Å². The lowest BCUT2D eigenvalue weighted by atomic mass is 10.3. The summed E-state index contributed by atoms with van der Waals surface area (Å²) in [5.74, 6) is 0.648. The van der Waals surface area contributed by atoms with Crippen LogP contribution in [0.3, 0.4) is 0 Å². The Balaban J connectivity index is 1.54. The first-order valence-corrected chi connectivity index (χ1v) is 6.91. The number of aryl methyl sites for hydroxylation is 1. The van der Waals surface area contributed by atoms with E-state index in [0.29, 0.717) is 19.0 Å². The van der Waals surface area contributed by atoms with Crippen molar-refractivity contribution < 1.29 is 9.53 Å². The molecule has 0 aliphatic carbocycles. The van der Waals surface area contributed by atoms with Crippen LogP contribution in [-0.2, 0) is 11.3 Å². The van der Waals surface area contributed by atoms with Crippen LogP contribution in [0.2, 0.25) is 0 Å². The molecule has 2 aromatic heterocycles. The van der Waals surface area contributed by atoms with Crippen LogP contribution < -0.4 is 4.74 Å². The lowest BCUT2D eigenvalue weighted by Crippen LogP contribution is -2.33. The summed E-state index contributed by atoms with van der Waals surface area (Å²) in [4.78, 5) is 22.1. The van der Waals surface area contributed by atoms with Gasteiger partial charge < -0.3 is 9.64 Å². The summed E-state index contributed by atoms with van der Waals surface area (Å²) in [5, 5.41) is 3.94. The van der Waals surface area contributed by atoms with Gasteiger partial charge in [0.05, 0.1) is 6.54 Å². The summed E-state index contributed by atoms with van der Waals surface area (Å²) in [6, 6.07) is 5.68. The van der Waals surface area contributed by atoms with Crippen LogP contribution in [0.4, 0.5) is 0 Å². The minimum absolute atomic E-state index is 0.000929. The third-order valence-electron chi connectivity index (χ3n) is 3.41. The SMILES string of the molecule is Cc1cccc(OC2CCN(C(=O)Cn3cncn3)C2)n1. The summed E-state index contributed by atoms with van der Waals surface area (Å²) < 4.78 is 7.36. The van der Waals surface area contributed by atoms with Gasteiger partial charge in [0.1, 0.15) is 25.3 Å². The van der Waals surface area contributed by atoms with Crippen molar-refractivity contribution in [2.75, 3.05) is 13.1 Å². The predicted octanol–water partition coefficient (Wildman–Crippen LogP) is 0.661. The third-order valence-corrected chi connectivity index (χ3v) is 3.41. The fourth-order valence-electron chi connectivity index (χ4n) is 2.36. The number of carbonyl (C=O) groups excluding carboxylic acids is 1. The lowest BCUT2D eigenvalue weighted by Gasteiger charge is -2.17. The monoisotopic (exact) mass is 287 g/mol. The van der Waals surface area contributed by atoms with E-state index in [2.05, 4.69) is 15.1 Å². The van der Waals surface area contributed by atoms with Gasteiger partial charge in [0, 0.05) is 24.7 Å². The van der Waals surface area contributed by atoms with Gasteiger partial charge >= 0.3 is 0 Å². The number of carbonyl (C=O) groups is 1. The molecule has 0 saturated carbocycles. The molecule has 3 heterocycles. The highest BCUT2D eigenvalue weighted by atomic mass is 16.5. The highest BCUT2D eigenvalue weighted by Crippen LogP contribution is 2.17. The van der Waals surface area contributed by atoms with E-state index in [0.717, 1.165) is 12.1 Å². The molecule has 0 aromatic carbocycles. The molecule has 1 fully saturated rings. The predicted molar refractivity (Wildman–Crippen MR) is 74.6 cm³/mol. The first-order valence-electron chi connectivity index (χ1n) is 6.91. The molecule has 0 bridgehead atoms. The maximum Gasteiger partial charge on any atom is 0.244 e. The van der Waals surface area contributed by atoms with Gasteiger partial charge in [0.2, 0.25) is 11.8 Å². The lowest BCUT2D eigenvalue weighted by molar-refractivity contribution is -0.131. The minimum Gasteiger partial charge on any atom is -0.472 e. The Hall–Kier alpha value is -2.44. The summed E-state index contributed by atoms with van der Waals surface area (Å²) in [5.41, 5.74) is 0.921. The molecule has 7 nitrogen and oxygen atoms in total. The highest BCUT2D eigenvalue weighted by Gasteiger charge is 2.28. The fraction of sp³-hybridized carbons (Fsp3) is 0.429. The standard InChI is InChI=1S/C14H17N5O2/c1-11-3-2-4-13(17-11)21-12-5-6-18(7-12)14(20)8-19-10-15-9-16-19/h2-4,9-10,12H,5-8H2,1H3. The maximum absolute atomic E-state index is 12.1. The summed E-state index contributed by atoms with van der Waals surface area (Å²) in [6.07, 6.45) is 3.78. The van der Waals surface area contributed by atoms with Crippen molar-refractivity contribution in [3.63, 3.8) is 0 Å². The average molecular weight is 287 g/mol. The third kappa shape index (κ3) is 3.36. The zero-order chi connectivity index (χ0) is 14.7. The van der Waals surface area contributed by atoms with Crippen LogP contribution in [-0.4, -0.2) is 49.7 Å². The Morgan fingerprint density at radius 2 is 2.38 bits per heavy atom. The summed E-state index contributed by atoms with van der Waals surface area (Å²) in [7, 11) is 0. The van der Waals surface area contributed by atoms with Crippen molar-refractivity contribution in [2.45, 2.75) is 26.0 Å². The topological polar surface area (TPSA) is 73.1 Å². The molecule has 1 unspecified atom stereocenters. The molecule has 0 spiro atoms. The second-order valence-corrected chi connectivity index (χ2v) is 5.08. The summed E-state index contributed by atoms with van der Waals surface area (Å²) in [6.45, 7) is 3.43. The Morgan fingerprint density at radius 3 is 3.14 bits per heavy atom. The quantitative estimate of drug-likeness (QED) is 0.826. The van der Waals surface area contributed by atoms with Gasteiger partial charge in [-0.15, -0.1) is 0 Å². The Labute approximate surface area is 122 Å². The molecule has 1 atom stereocenters. The molecule has 1 saturated heterocycles. The molecular weight excluding hydrogens is 270 g/mol. The molecule has 1 aliphatic rings. The first kappa shape index (κ1) is 13.5. The van der Waals surface area contributed by atoms with Gasteiger partial charge in [-0.2, -0.15) is 5.10 Å². The van der Waals surface area contributed by atoms with Gasteiger partial charge in [-0.25, -0.2) is 14.6 Å². The van der Waals surface area contributed by atoms with Crippen LogP contribution in [0.5, 0.6) is 5.88 Å². The molecule has 0 N–H and O–H groups in total. The average Bonchev–Trinajstić information content (AvgIpc) is 3.10. The van der Waals surface area contributed by atoms with Gasteiger partial charge in [-0.1, -0.05) is 6.07 Å². The Morgan fingerprint density at radius 1 is 1.48 bits per heavy atom. The van der Waals surface area contributed by atoms with Crippen LogP contribution in [0, 0.1) is 6.92 Å². The van der Waals surface area contributed by atoms with E-state index >= 15 is 0 Å². The zero-order valence-corrected chi connectivity index (χ0v) is 11.8. The number of pyridine rings is 1. The molecule has 0 radical (unpaired) electrons. The zero-order valence-electron chi connectivity index (χ0n) is 11.8. The molecule has 1 aliphatic heterocycles. The van der Waals surface area contributed by atoms with Crippen LogP contribution >= 0.6 is 0 Å². The largest absolute Gasteiger partial charge is 0.472 e. The highest BCUT2D eigenvalue weighted by molar-refractivity contribution is 5.76. The Bertz CT molecular complexity index is 614. The van der Waals surface area contributed by atoms with Gasteiger partial charge in [0.15, 0.2) is 0 Å². The van der Waals surface area contributed by atoms with E-state index < -0.39 is 0 Å². The van der Waals surface area contributed by atoms with Crippen LogP contribution in [0.15, 0.2) is 30.9 Å². The van der Waals surface area contributed by atoms with E-state index in [-0.39, 0.29) is 18.6 Å². The van der Waals surface area contributed by atoms with E-state index in [1.807, 2.05) is 25.1 Å². The molecule has 3 rings (SSSR count). The summed E-state index contributed by atoms with van der Waals surface area (Å²) >= 11 is 0. The number of amides is 1. The van der Waals surface area contributed by atoms with Crippen LogP contribution in [0.25, 0.3) is 0 Å². The fourth-order valence-corrected chi connectivity index (χ4v) is 2.36. The van der Waals surface area contributed by atoms with Gasteiger partial charge in [0.25, 0.3) is 0 Å². The van der Waals surface area contributed by atoms with Crippen molar-refractivity contribution in [3.8, 4) is 5.88 Å². The van der Waals surface area contributed by atoms with Crippen molar-refractivity contribution >= 4 is 5.91 Å². The van der Waals surface area contributed by atoms with E-state index in [1.54, 1.807) is 11.2 Å². The smallest absolute Gasteiger partial charge is 0.244 e. The van der Waals surface area contributed by atoms with Crippen molar-refractivity contribution in [3.05, 3.63) is 36.5 Å².